The molecular weight excluding hydrogens is 246 g/mol. The van der Waals surface area contributed by atoms with Gasteiger partial charge in [-0.15, -0.1) is 0 Å². The van der Waals surface area contributed by atoms with E-state index in [1.807, 2.05) is 0 Å². The van der Waals surface area contributed by atoms with E-state index < -0.39 is 0 Å². The highest BCUT2D eigenvalue weighted by atomic mass is 15.3. The highest BCUT2D eigenvalue weighted by molar-refractivity contribution is 5.27. The zero-order valence-electron chi connectivity index (χ0n) is 14.5. The maximum absolute atomic E-state index is 4.62. The Bertz CT molecular complexity index is 407. The quantitative estimate of drug-likeness (QED) is 0.765. The van der Waals surface area contributed by atoms with Crippen LogP contribution in [0.2, 0.25) is 0 Å². The molecule has 0 aliphatic carbocycles. The minimum Gasteiger partial charge on any atom is -0.308 e. The molecule has 0 saturated carbocycles. The summed E-state index contributed by atoms with van der Waals surface area (Å²) in [4.78, 5) is 0. The highest BCUT2D eigenvalue weighted by Gasteiger charge is 2.18. The molecule has 1 aromatic rings. The fourth-order valence-electron chi connectivity index (χ4n) is 3.07. The molecule has 0 fully saturated rings. The molecule has 0 aromatic carbocycles. The molecule has 0 amide bonds. The summed E-state index contributed by atoms with van der Waals surface area (Å²) in [6.45, 7) is 16.6. The van der Waals surface area contributed by atoms with Crippen LogP contribution >= 0.6 is 0 Å². The Morgan fingerprint density at radius 2 is 1.75 bits per heavy atom. The predicted octanol–water partition coefficient (Wildman–Crippen LogP) is 4.39. The van der Waals surface area contributed by atoms with Gasteiger partial charge in [0.05, 0.1) is 5.69 Å². The maximum atomic E-state index is 4.62. The van der Waals surface area contributed by atoms with Crippen molar-refractivity contribution in [2.45, 2.75) is 86.4 Å². The average Bonchev–Trinajstić information content (AvgIpc) is 2.63. The minimum atomic E-state index is 0.379. The van der Waals surface area contributed by atoms with E-state index in [1.165, 1.54) is 36.2 Å². The van der Waals surface area contributed by atoms with E-state index in [4.69, 9.17) is 0 Å². The monoisotopic (exact) mass is 279 g/mol. The lowest BCUT2D eigenvalue weighted by Crippen LogP contribution is -2.29. The van der Waals surface area contributed by atoms with E-state index in [2.05, 4.69) is 63.6 Å². The zero-order valence-corrected chi connectivity index (χ0v) is 14.5. The first-order valence-electron chi connectivity index (χ1n) is 8.16. The summed E-state index contributed by atoms with van der Waals surface area (Å²) in [5, 5.41) is 8.35. The number of aryl methyl sites for hydroxylation is 2. The van der Waals surface area contributed by atoms with Crippen molar-refractivity contribution in [3.8, 4) is 0 Å². The molecular formula is C17H33N3. The van der Waals surface area contributed by atoms with Gasteiger partial charge in [-0.1, -0.05) is 26.7 Å². The fraction of sp³-hybridized carbons (Fsp3) is 0.824. The highest BCUT2D eigenvalue weighted by Crippen LogP contribution is 2.22. The SMILES string of the molecule is CCn1nc(C)c(C(C)NC(C)CCCC(C)C)c1C. The van der Waals surface area contributed by atoms with Crippen LogP contribution in [0, 0.1) is 19.8 Å². The molecule has 116 valence electrons. The van der Waals surface area contributed by atoms with Gasteiger partial charge in [-0.3, -0.25) is 4.68 Å². The molecule has 3 nitrogen and oxygen atoms in total. The van der Waals surface area contributed by atoms with Gasteiger partial charge in [-0.25, -0.2) is 0 Å². The van der Waals surface area contributed by atoms with Crippen molar-refractivity contribution in [1.82, 2.24) is 15.1 Å². The third kappa shape index (κ3) is 4.62. The Hall–Kier alpha value is -0.830. The summed E-state index contributed by atoms with van der Waals surface area (Å²) in [6, 6.07) is 0.942. The van der Waals surface area contributed by atoms with Gasteiger partial charge in [0.25, 0.3) is 0 Å². The summed E-state index contributed by atoms with van der Waals surface area (Å²) < 4.78 is 2.10. The summed E-state index contributed by atoms with van der Waals surface area (Å²) in [7, 11) is 0. The van der Waals surface area contributed by atoms with Crippen molar-refractivity contribution in [3.05, 3.63) is 17.0 Å². The summed E-state index contributed by atoms with van der Waals surface area (Å²) >= 11 is 0. The van der Waals surface area contributed by atoms with Crippen molar-refractivity contribution in [3.63, 3.8) is 0 Å². The van der Waals surface area contributed by atoms with E-state index in [-0.39, 0.29) is 0 Å². The summed E-state index contributed by atoms with van der Waals surface area (Å²) in [5.74, 6) is 0.812. The third-order valence-corrected chi connectivity index (χ3v) is 4.12. The summed E-state index contributed by atoms with van der Waals surface area (Å²) in [6.07, 6.45) is 3.89. The van der Waals surface area contributed by atoms with Crippen LogP contribution in [0.5, 0.6) is 0 Å². The van der Waals surface area contributed by atoms with Gasteiger partial charge in [0, 0.05) is 29.9 Å². The molecule has 0 saturated heterocycles. The van der Waals surface area contributed by atoms with E-state index in [0.717, 1.165) is 12.5 Å². The van der Waals surface area contributed by atoms with Crippen LogP contribution < -0.4 is 5.32 Å². The molecule has 2 unspecified atom stereocenters. The number of aromatic nitrogens is 2. The van der Waals surface area contributed by atoms with Gasteiger partial charge in [-0.2, -0.15) is 5.10 Å². The lowest BCUT2D eigenvalue weighted by Gasteiger charge is -2.21. The van der Waals surface area contributed by atoms with Gasteiger partial charge in [0.2, 0.25) is 0 Å². The largest absolute Gasteiger partial charge is 0.308 e. The van der Waals surface area contributed by atoms with Crippen molar-refractivity contribution < 1.29 is 0 Å². The smallest absolute Gasteiger partial charge is 0.0644 e. The van der Waals surface area contributed by atoms with Crippen LogP contribution in [0.25, 0.3) is 0 Å². The molecule has 20 heavy (non-hydrogen) atoms. The van der Waals surface area contributed by atoms with E-state index in [1.54, 1.807) is 0 Å². The standard InChI is InChI=1S/C17H33N3/c1-8-20-16(7)17(15(6)19-20)14(5)18-13(4)11-9-10-12(2)3/h12-14,18H,8-11H2,1-7H3. The number of hydrogen-bond acceptors (Lipinski definition) is 2. The first kappa shape index (κ1) is 17.2. The van der Waals surface area contributed by atoms with Crippen molar-refractivity contribution in [1.29, 1.82) is 0 Å². The first-order chi connectivity index (χ1) is 9.36. The van der Waals surface area contributed by atoms with Crippen LogP contribution in [-0.2, 0) is 6.54 Å². The molecule has 1 N–H and O–H groups in total. The molecule has 1 aromatic heterocycles. The topological polar surface area (TPSA) is 29.9 Å². The molecule has 0 spiro atoms. The fourth-order valence-corrected chi connectivity index (χ4v) is 3.07. The Kier molecular flexibility index (Phi) is 6.74. The second-order valence-corrected chi connectivity index (χ2v) is 6.51. The van der Waals surface area contributed by atoms with Crippen LogP contribution in [0.15, 0.2) is 0 Å². The lowest BCUT2D eigenvalue weighted by atomic mass is 10.0. The second kappa shape index (κ2) is 7.82. The lowest BCUT2D eigenvalue weighted by molar-refractivity contribution is 0.422. The average molecular weight is 279 g/mol. The Morgan fingerprint density at radius 3 is 2.25 bits per heavy atom. The Morgan fingerprint density at radius 1 is 1.10 bits per heavy atom. The van der Waals surface area contributed by atoms with E-state index in [9.17, 15) is 0 Å². The molecule has 0 bridgehead atoms. The molecule has 0 aliphatic rings. The van der Waals surface area contributed by atoms with Crippen LogP contribution in [0.1, 0.15) is 76.9 Å². The zero-order chi connectivity index (χ0) is 15.3. The molecule has 1 heterocycles. The van der Waals surface area contributed by atoms with Gasteiger partial charge in [0.15, 0.2) is 0 Å². The minimum absolute atomic E-state index is 0.379. The van der Waals surface area contributed by atoms with Crippen LogP contribution in [0.4, 0.5) is 0 Å². The Labute approximate surface area is 125 Å². The first-order valence-corrected chi connectivity index (χ1v) is 8.16. The number of hydrogen-bond donors (Lipinski definition) is 1. The van der Waals surface area contributed by atoms with Crippen LogP contribution in [-0.4, -0.2) is 15.8 Å². The molecule has 2 atom stereocenters. The van der Waals surface area contributed by atoms with Crippen molar-refractivity contribution >= 4 is 0 Å². The molecule has 0 aliphatic heterocycles. The Balaban J connectivity index is 2.58. The van der Waals surface area contributed by atoms with Gasteiger partial charge >= 0.3 is 0 Å². The normalized spacial score (nSPS) is 14.8. The second-order valence-electron chi connectivity index (χ2n) is 6.51. The number of nitrogens with zero attached hydrogens (tertiary/aromatic N) is 2. The predicted molar refractivity (Wildman–Crippen MR) is 87.1 cm³/mol. The van der Waals surface area contributed by atoms with Crippen molar-refractivity contribution in [2.24, 2.45) is 5.92 Å². The molecule has 0 radical (unpaired) electrons. The van der Waals surface area contributed by atoms with E-state index >= 15 is 0 Å². The van der Waals surface area contributed by atoms with Gasteiger partial charge < -0.3 is 5.32 Å². The molecule has 1 rings (SSSR count). The maximum Gasteiger partial charge on any atom is 0.0644 e. The molecule has 3 heteroatoms. The van der Waals surface area contributed by atoms with E-state index in [0.29, 0.717) is 12.1 Å². The van der Waals surface area contributed by atoms with Crippen molar-refractivity contribution in [2.75, 3.05) is 0 Å². The third-order valence-electron chi connectivity index (χ3n) is 4.12. The number of nitrogens with one attached hydrogen (secondary N) is 1. The van der Waals surface area contributed by atoms with Gasteiger partial charge in [0.1, 0.15) is 0 Å². The summed E-state index contributed by atoms with van der Waals surface area (Å²) in [5.41, 5.74) is 3.85. The van der Waals surface area contributed by atoms with Crippen LogP contribution in [0.3, 0.4) is 0 Å². The number of rotatable bonds is 8. The van der Waals surface area contributed by atoms with Gasteiger partial charge in [-0.05, 0) is 47.0 Å².